The molecule has 72 valence electrons. The molecule has 0 radical (unpaired) electrons. The van der Waals surface area contributed by atoms with Crippen LogP contribution in [0.1, 0.15) is 17.7 Å². The zero-order valence-corrected chi connectivity index (χ0v) is 7.92. The Labute approximate surface area is 81.2 Å². The molecule has 13 heavy (non-hydrogen) atoms. The average molecular weight is 254 g/mol. The summed E-state index contributed by atoms with van der Waals surface area (Å²) in [6, 6.07) is 1.05. The molecule has 2 N–H and O–H groups in total. The second-order valence-electron chi connectivity index (χ2n) is 2.30. The van der Waals surface area contributed by atoms with Crippen molar-refractivity contribution in [3.63, 3.8) is 0 Å². The monoisotopic (exact) mass is 253 g/mol. The molecule has 0 saturated heterocycles. The molecular formula is C7H6BrF2NO2. The summed E-state index contributed by atoms with van der Waals surface area (Å²) < 4.78 is 24.4. The number of aliphatic hydroxyl groups is 1. The molecular weight excluding hydrogens is 248 g/mol. The number of nitrogens with zero attached hydrogens (tertiary/aromatic N) is 1. The van der Waals surface area contributed by atoms with E-state index in [4.69, 9.17) is 10.2 Å². The van der Waals surface area contributed by atoms with Crippen LogP contribution < -0.4 is 0 Å². The van der Waals surface area contributed by atoms with E-state index >= 15 is 0 Å². The minimum Gasteiger partial charge on any atom is -0.506 e. The van der Waals surface area contributed by atoms with Crippen LogP contribution in [-0.4, -0.2) is 15.2 Å². The molecule has 1 aromatic heterocycles. The molecule has 1 heterocycles. The van der Waals surface area contributed by atoms with Crippen molar-refractivity contribution in [1.82, 2.24) is 4.98 Å². The quantitative estimate of drug-likeness (QED) is 0.793. The first kappa shape index (κ1) is 10.3. The van der Waals surface area contributed by atoms with Gasteiger partial charge in [-0.25, -0.2) is 13.8 Å². The van der Waals surface area contributed by atoms with Gasteiger partial charge in [0.05, 0.1) is 6.61 Å². The molecule has 0 amide bonds. The molecule has 0 aliphatic heterocycles. The van der Waals surface area contributed by atoms with Crippen molar-refractivity contribution >= 4 is 15.9 Å². The first-order valence-corrected chi connectivity index (χ1v) is 4.13. The van der Waals surface area contributed by atoms with E-state index in [1.807, 2.05) is 0 Å². The molecule has 0 aromatic carbocycles. The van der Waals surface area contributed by atoms with Crippen LogP contribution >= 0.6 is 15.9 Å². The van der Waals surface area contributed by atoms with E-state index < -0.39 is 17.9 Å². The highest BCUT2D eigenvalue weighted by Gasteiger charge is 2.16. The number of alkyl halides is 2. The van der Waals surface area contributed by atoms with Crippen molar-refractivity contribution in [2.24, 2.45) is 0 Å². The summed E-state index contributed by atoms with van der Waals surface area (Å²) in [4.78, 5) is 3.40. The lowest BCUT2D eigenvalue weighted by molar-refractivity contribution is 0.141. The Balaban J connectivity index is 3.20. The van der Waals surface area contributed by atoms with E-state index in [1.165, 1.54) is 0 Å². The smallest absolute Gasteiger partial charge is 0.284 e. The minimum absolute atomic E-state index is 0.114. The SMILES string of the molecule is OCc1cc(O)c(C(F)F)nc1Br. The van der Waals surface area contributed by atoms with Gasteiger partial charge in [-0.15, -0.1) is 0 Å². The van der Waals surface area contributed by atoms with E-state index in [1.54, 1.807) is 0 Å². The standard InChI is InChI=1S/C7H6BrF2NO2/c8-6-3(2-12)1-4(13)5(11-6)7(9)10/h1,7,12-13H,2H2. The Kier molecular flexibility index (Phi) is 3.16. The number of hydrogen-bond acceptors (Lipinski definition) is 3. The fourth-order valence-corrected chi connectivity index (χ4v) is 1.24. The molecule has 0 aliphatic carbocycles. The number of rotatable bonds is 2. The second kappa shape index (κ2) is 3.97. The summed E-state index contributed by atoms with van der Waals surface area (Å²) in [7, 11) is 0. The summed E-state index contributed by atoms with van der Waals surface area (Å²) in [5, 5.41) is 17.7. The van der Waals surface area contributed by atoms with Crippen LogP contribution in [0.4, 0.5) is 8.78 Å². The van der Waals surface area contributed by atoms with E-state index in [-0.39, 0.29) is 16.8 Å². The molecule has 0 unspecified atom stereocenters. The minimum atomic E-state index is -2.83. The molecule has 1 rings (SSSR count). The topological polar surface area (TPSA) is 53.4 Å². The van der Waals surface area contributed by atoms with Crippen molar-refractivity contribution in [3.8, 4) is 5.75 Å². The summed E-state index contributed by atoms with van der Waals surface area (Å²) in [6.07, 6.45) is -2.83. The van der Waals surface area contributed by atoms with Crippen LogP contribution in [-0.2, 0) is 6.61 Å². The first-order valence-electron chi connectivity index (χ1n) is 3.33. The van der Waals surface area contributed by atoms with Crippen molar-refractivity contribution in [2.45, 2.75) is 13.0 Å². The van der Waals surface area contributed by atoms with Gasteiger partial charge in [-0.2, -0.15) is 0 Å². The van der Waals surface area contributed by atoms with Crippen LogP contribution in [0.3, 0.4) is 0 Å². The largest absolute Gasteiger partial charge is 0.506 e. The van der Waals surface area contributed by atoms with Crippen LogP contribution in [0, 0.1) is 0 Å². The lowest BCUT2D eigenvalue weighted by atomic mass is 10.2. The van der Waals surface area contributed by atoms with Gasteiger partial charge in [-0.1, -0.05) is 0 Å². The summed E-state index contributed by atoms with van der Waals surface area (Å²) in [5.74, 6) is -0.609. The molecule has 1 aromatic rings. The van der Waals surface area contributed by atoms with E-state index in [0.29, 0.717) is 0 Å². The highest BCUT2D eigenvalue weighted by molar-refractivity contribution is 9.10. The lowest BCUT2D eigenvalue weighted by Crippen LogP contribution is -1.96. The van der Waals surface area contributed by atoms with Gasteiger partial charge in [0.2, 0.25) is 0 Å². The van der Waals surface area contributed by atoms with Crippen LogP contribution in [0.15, 0.2) is 10.7 Å². The second-order valence-corrected chi connectivity index (χ2v) is 3.05. The van der Waals surface area contributed by atoms with Gasteiger partial charge in [0.25, 0.3) is 6.43 Å². The van der Waals surface area contributed by atoms with Gasteiger partial charge in [0, 0.05) is 5.56 Å². The van der Waals surface area contributed by atoms with Crippen LogP contribution in [0.2, 0.25) is 0 Å². The molecule has 6 heteroatoms. The van der Waals surface area contributed by atoms with E-state index in [9.17, 15) is 8.78 Å². The van der Waals surface area contributed by atoms with Crippen molar-refractivity contribution in [2.75, 3.05) is 0 Å². The molecule has 0 aliphatic rings. The van der Waals surface area contributed by atoms with E-state index in [2.05, 4.69) is 20.9 Å². The Bertz CT molecular complexity index is 320. The molecule has 0 atom stereocenters. The van der Waals surface area contributed by atoms with Crippen molar-refractivity contribution in [3.05, 3.63) is 21.9 Å². The Morgan fingerprint density at radius 3 is 2.62 bits per heavy atom. The molecule has 0 spiro atoms. The van der Waals surface area contributed by atoms with Crippen LogP contribution in [0.25, 0.3) is 0 Å². The van der Waals surface area contributed by atoms with Gasteiger partial charge in [-0.05, 0) is 22.0 Å². The van der Waals surface area contributed by atoms with Gasteiger partial charge >= 0.3 is 0 Å². The summed E-state index contributed by atoms with van der Waals surface area (Å²) in [5.41, 5.74) is -0.425. The molecule has 0 saturated carbocycles. The third-order valence-electron chi connectivity index (χ3n) is 1.43. The predicted molar refractivity (Wildman–Crippen MR) is 44.5 cm³/mol. The lowest BCUT2D eigenvalue weighted by Gasteiger charge is -2.05. The van der Waals surface area contributed by atoms with Crippen molar-refractivity contribution in [1.29, 1.82) is 0 Å². The maximum Gasteiger partial charge on any atom is 0.284 e. The number of pyridine rings is 1. The van der Waals surface area contributed by atoms with Crippen molar-refractivity contribution < 1.29 is 19.0 Å². The Hall–Kier alpha value is -0.750. The highest BCUT2D eigenvalue weighted by atomic mass is 79.9. The molecule has 0 bridgehead atoms. The maximum absolute atomic E-state index is 12.1. The van der Waals surface area contributed by atoms with Gasteiger partial charge < -0.3 is 10.2 Å². The third kappa shape index (κ3) is 2.13. The number of aliphatic hydroxyl groups excluding tert-OH is 1. The molecule has 0 fully saturated rings. The normalized spacial score (nSPS) is 10.8. The predicted octanol–water partition coefficient (Wildman–Crippen LogP) is 1.98. The first-order chi connectivity index (χ1) is 6.06. The zero-order chi connectivity index (χ0) is 10.0. The fourth-order valence-electron chi connectivity index (χ4n) is 0.805. The summed E-state index contributed by atoms with van der Waals surface area (Å²) in [6.45, 7) is -0.370. The van der Waals surface area contributed by atoms with Crippen LogP contribution in [0.5, 0.6) is 5.75 Å². The highest BCUT2D eigenvalue weighted by Crippen LogP contribution is 2.29. The Morgan fingerprint density at radius 2 is 2.15 bits per heavy atom. The van der Waals surface area contributed by atoms with Gasteiger partial charge in [0.15, 0.2) is 0 Å². The van der Waals surface area contributed by atoms with E-state index in [0.717, 1.165) is 6.07 Å². The maximum atomic E-state index is 12.1. The fraction of sp³-hybridized carbons (Fsp3) is 0.286. The summed E-state index contributed by atoms with van der Waals surface area (Å²) >= 11 is 2.89. The number of halogens is 3. The number of aromatic nitrogens is 1. The third-order valence-corrected chi connectivity index (χ3v) is 2.12. The number of aromatic hydroxyl groups is 1. The Morgan fingerprint density at radius 1 is 1.54 bits per heavy atom. The zero-order valence-electron chi connectivity index (χ0n) is 6.34. The van der Waals surface area contributed by atoms with Gasteiger partial charge in [0.1, 0.15) is 16.0 Å². The molecule has 3 nitrogen and oxygen atoms in total. The average Bonchev–Trinajstić information content (AvgIpc) is 2.07. The van der Waals surface area contributed by atoms with Gasteiger partial charge in [-0.3, -0.25) is 0 Å². The number of hydrogen-bond donors (Lipinski definition) is 2.